The van der Waals surface area contributed by atoms with Crippen molar-refractivity contribution in [3.8, 4) is 0 Å². The molecule has 0 radical (unpaired) electrons. The standard InChI is InChI=1S/C6H14NO4PS/c1-4-10-6(13)7(3)12(8,9)11-5-2/h4-5H2,1-3H3,(H,8,9). The first-order valence-corrected chi connectivity index (χ1v) is 5.77. The molecule has 1 atom stereocenters. The number of hydrogen-bond donors (Lipinski definition) is 1. The van der Waals surface area contributed by atoms with Crippen molar-refractivity contribution in [1.29, 1.82) is 0 Å². The van der Waals surface area contributed by atoms with Gasteiger partial charge in [0.15, 0.2) is 0 Å². The van der Waals surface area contributed by atoms with E-state index in [-0.39, 0.29) is 11.8 Å². The Morgan fingerprint density at radius 1 is 1.54 bits per heavy atom. The highest BCUT2D eigenvalue weighted by molar-refractivity contribution is 7.80. The van der Waals surface area contributed by atoms with E-state index in [2.05, 4.69) is 4.52 Å². The summed E-state index contributed by atoms with van der Waals surface area (Å²) in [6.07, 6.45) is 0. The van der Waals surface area contributed by atoms with Gasteiger partial charge < -0.3 is 9.63 Å². The largest absolute Gasteiger partial charge is 0.471 e. The first kappa shape index (κ1) is 12.8. The summed E-state index contributed by atoms with van der Waals surface area (Å²) in [4.78, 5) is 9.27. The van der Waals surface area contributed by atoms with Gasteiger partial charge in [0, 0.05) is 7.05 Å². The van der Waals surface area contributed by atoms with Gasteiger partial charge in [-0.25, -0.2) is 9.24 Å². The zero-order valence-corrected chi connectivity index (χ0v) is 9.60. The van der Waals surface area contributed by atoms with Gasteiger partial charge in [0.2, 0.25) is 0 Å². The third kappa shape index (κ3) is 4.04. The zero-order chi connectivity index (χ0) is 10.5. The highest BCUT2D eigenvalue weighted by atomic mass is 32.1. The Morgan fingerprint density at radius 2 is 2.08 bits per heavy atom. The molecule has 7 heteroatoms. The van der Waals surface area contributed by atoms with Gasteiger partial charge in [0.25, 0.3) is 5.17 Å². The lowest BCUT2D eigenvalue weighted by Crippen LogP contribution is -2.25. The van der Waals surface area contributed by atoms with Gasteiger partial charge in [0.1, 0.15) is 0 Å². The van der Waals surface area contributed by atoms with Crippen LogP contribution in [0.15, 0.2) is 0 Å². The normalized spacial score (nSPS) is 14.8. The molecule has 0 aromatic heterocycles. The second kappa shape index (κ2) is 5.54. The molecule has 0 aromatic rings. The van der Waals surface area contributed by atoms with Crippen LogP contribution in [-0.2, 0) is 13.8 Å². The molecule has 0 spiro atoms. The van der Waals surface area contributed by atoms with Crippen LogP contribution < -0.4 is 0 Å². The molecule has 0 saturated heterocycles. The van der Waals surface area contributed by atoms with Crippen LogP contribution in [0, 0.1) is 0 Å². The molecule has 0 fully saturated rings. The maximum absolute atomic E-state index is 11.3. The zero-order valence-electron chi connectivity index (χ0n) is 7.89. The van der Waals surface area contributed by atoms with E-state index in [4.69, 9.17) is 17.0 Å². The van der Waals surface area contributed by atoms with Crippen molar-refractivity contribution in [2.24, 2.45) is 0 Å². The third-order valence-corrected chi connectivity index (χ3v) is 3.27. The van der Waals surface area contributed by atoms with Crippen LogP contribution in [-0.4, -0.2) is 35.0 Å². The SMILES string of the molecule is CCOC(=S)N(C)P(=O)(O)OCC. The molecule has 13 heavy (non-hydrogen) atoms. The van der Waals surface area contributed by atoms with Crippen LogP contribution in [0.1, 0.15) is 13.8 Å². The van der Waals surface area contributed by atoms with Crippen LogP contribution >= 0.6 is 20.0 Å². The molecule has 1 unspecified atom stereocenters. The molecule has 78 valence electrons. The average Bonchev–Trinajstić information content (AvgIpc) is 2.03. The van der Waals surface area contributed by atoms with Crippen LogP contribution in [0.3, 0.4) is 0 Å². The summed E-state index contributed by atoms with van der Waals surface area (Å²) in [6, 6.07) is 0. The Morgan fingerprint density at radius 3 is 2.46 bits per heavy atom. The molecule has 0 aliphatic heterocycles. The minimum absolute atomic E-state index is 0.0400. The van der Waals surface area contributed by atoms with E-state index in [0.29, 0.717) is 6.61 Å². The summed E-state index contributed by atoms with van der Waals surface area (Å²) >= 11 is 4.73. The van der Waals surface area contributed by atoms with Gasteiger partial charge in [0.05, 0.1) is 13.2 Å². The maximum Gasteiger partial charge on any atom is 0.435 e. The Kier molecular flexibility index (Phi) is 5.48. The molecule has 0 bridgehead atoms. The predicted molar refractivity (Wildman–Crippen MR) is 53.4 cm³/mol. The third-order valence-electron chi connectivity index (χ3n) is 1.21. The summed E-state index contributed by atoms with van der Waals surface area (Å²) in [5.41, 5.74) is 0. The van der Waals surface area contributed by atoms with Gasteiger partial charge in [-0.2, -0.15) is 0 Å². The minimum atomic E-state index is -3.80. The minimum Gasteiger partial charge on any atom is -0.471 e. The molecular weight excluding hydrogens is 213 g/mol. The first-order valence-electron chi connectivity index (χ1n) is 3.84. The lowest BCUT2D eigenvalue weighted by molar-refractivity contribution is 0.225. The molecule has 5 nitrogen and oxygen atoms in total. The lowest BCUT2D eigenvalue weighted by Gasteiger charge is -2.23. The summed E-state index contributed by atoms with van der Waals surface area (Å²) in [6.45, 7) is 3.87. The summed E-state index contributed by atoms with van der Waals surface area (Å²) in [7, 11) is -2.45. The summed E-state index contributed by atoms with van der Waals surface area (Å²) in [5.74, 6) is 0. The monoisotopic (exact) mass is 227 g/mol. The lowest BCUT2D eigenvalue weighted by atomic mass is 10.9. The van der Waals surface area contributed by atoms with Crippen LogP contribution in [0.4, 0.5) is 0 Å². The van der Waals surface area contributed by atoms with Gasteiger partial charge in [-0.1, -0.05) is 0 Å². The number of nitrogens with zero attached hydrogens (tertiary/aromatic N) is 1. The van der Waals surface area contributed by atoms with Gasteiger partial charge in [-0.05, 0) is 26.1 Å². The summed E-state index contributed by atoms with van der Waals surface area (Å²) < 4.78 is 21.8. The van der Waals surface area contributed by atoms with E-state index < -0.39 is 7.75 Å². The van der Waals surface area contributed by atoms with E-state index in [1.165, 1.54) is 7.05 Å². The Balaban J connectivity index is 4.30. The number of thiocarbonyl (C=S) groups is 1. The Labute approximate surface area is 83.2 Å². The van der Waals surface area contributed by atoms with Crippen molar-refractivity contribution in [2.75, 3.05) is 20.3 Å². The van der Waals surface area contributed by atoms with Crippen molar-refractivity contribution in [2.45, 2.75) is 13.8 Å². The number of rotatable bonds is 4. The number of hydrogen-bond acceptors (Lipinski definition) is 4. The van der Waals surface area contributed by atoms with Gasteiger partial charge >= 0.3 is 7.75 Å². The van der Waals surface area contributed by atoms with E-state index in [0.717, 1.165) is 4.67 Å². The van der Waals surface area contributed by atoms with E-state index in [1.54, 1.807) is 13.8 Å². The fraction of sp³-hybridized carbons (Fsp3) is 0.833. The van der Waals surface area contributed by atoms with Gasteiger partial charge in [-0.15, -0.1) is 0 Å². The van der Waals surface area contributed by atoms with Crippen molar-refractivity contribution in [3.63, 3.8) is 0 Å². The van der Waals surface area contributed by atoms with Crippen molar-refractivity contribution in [3.05, 3.63) is 0 Å². The van der Waals surface area contributed by atoms with E-state index >= 15 is 0 Å². The number of ether oxygens (including phenoxy) is 1. The molecule has 0 heterocycles. The molecule has 0 aliphatic carbocycles. The second-order valence-electron chi connectivity index (χ2n) is 2.13. The van der Waals surface area contributed by atoms with Gasteiger partial charge in [-0.3, -0.25) is 4.52 Å². The van der Waals surface area contributed by atoms with Crippen LogP contribution in [0.2, 0.25) is 0 Å². The molecule has 0 aliphatic rings. The Hall–Kier alpha value is -0.160. The second-order valence-corrected chi connectivity index (χ2v) is 4.32. The quantitative estimate of drug-likeness (QED) is 0.578. The first-order chi connectivity index (χ1) is 5.95. The molecule has 0 rings (SSSR count). The summed E-state index contributed by atoms with van der Waals surface area (Å²) in [5, 5.41) is -0.0400. The van der Waals surface area contributed by atoms with Crippen LogP contribution in [0.25, 0.3) is 0 Å². The molecular formula is C6H14NO4PS. The molecule has 1 N–H and O–H groups in total. The average molecular weight is 227 g/mol. The maximum atomic E-state index is 11.3. The molecule has 0 aromatic carbocycles. The topological polar surface area (TPSA) is 59.0 Å². The highest BCUT2D eigenvalue weighted by Crippen LogP contribution is 2.45. The van der Waals surface area contributed by atoms with E-state index in [1.807, 2.05) is 0 Å². The molecule has 0 saturated carbocycles. The fourth-order valence-electron chi connectivity index (χ4n) is 0.575. The van der Waals surface area contributed by atoms with Crippen LogP contribution in [0.5, 0.6) is 0 Å². The Bertz CT molecular complexity index is 223. The van der Waals surface area contributed by atoms with Crippen molar-refractivity contribution < 1.29 is 18.7 Å². The smallest absolute Gasteiger partial charge is 0.435 e. The van der Waals surface area contributed by atoms with Crippen molar-refractivity contribution >= 4 is 25.1 Å². The van der Waals surface area contributed by atoms with Crippen molar-refractivity contribution in [1.82, 2.24) is 4.67 Å². The fourth-order valence-corrected chi connectivity index (χ4v) is 1.78. The predicted octanol–water partition coefficient (Wildman–Crippen LogP) is 1.38. The van der Waals surface area contributed by atoms with E-state index in [9.17, 15) is 9.46 Å². The molecule has 0 amide bonds. The highest BCUT2D eigenvalue weighted by Gasteiger charge is 2.28.